The van der Waals surface area contributed by atoms with E-state index in [1.54, 1.807) is 17.0 Å². The molecular formula is C14H17Cl2NO4S. The van der Waals surface area contributed by atoms with Crippen LogP contribution < -0.4 is 0 Å². The fourth-order valence-electron chi connectivity index (χ4n) is 2.17. The van der Waals surface area contributed by atoms with E-state index in [-0.39, 0.29) is 23.8 Å². The third kappa shape index (κ3) is 5.12. The van der Waals surface area contributed by atoms with Gasteiger partial charge in [-0.15, -0.1) is 0 Å². The minimum absolute atomic E-state index is 0.0103. The first kappa shape index (κ1) is 17.5. The highest BCUT2D eigenvalue weighted by Crippen LogP contribution is 2.23. The summed E-state index contributed by atoms with van der Waals surface area (Å²) in [5.74, 6) is -0.481. The van der Waals surface area contributed by atoms with Gasteiger partial charge in [0.05, 0.1) is 34.8 Å². The van der Waals surface area contributed by atoms with Gasteiger partial charge in [0.25, 0.3) is 0 Å². The van der Waals surface area contributed by atoms with Crippen LogP contribution in [0.1, 0.15) is 12.0 Å². The lowest BCUT2D eigenvalue weighted by Gasteiger charge is -2.26. The van der Waals surface area contributed by atoms with Crippen LogP contribution in [-0.4, -0.2) is 51.3 Å². The molecule has 0 N–H and O–H groups in total. The van der Waals surface area contributed by atoms with E-state index in [4.69, 9.17) is 27.9 Å². The van der Waals surface area contributed by atoms with E-state index in [1.165, 1.54) is 6.07 Å². The van der Waals surface area contributed by atoms with Gasteiger partial charge in [-0.2, -0.15) is 0 Å². The lowest BCUT2D eigenvalue weighted by Crippen LogP contribution is -2.41. The second-order valence-corrected chi connectivity index (χ2v) is 8.08. The summed E-state index contributed by atoms with van der Waals surface area (Å²) in [6.07, 6.45) is -0.0103. The molecule has 1 aromatic rings. The molecule has 0 unspecified atom stereocenters. The van der Waals surface area contributed by atoms with Crippen molar-refractivity contribution < 1.29 is 17.9 Å². The predicted octanol–water partition coefficient (Wildman–Crippen LogP) is 2.16. The van der Waals surface area contributed by atoms with Crippen molar-refractivity contribution in [1.29, 1.82) is 0 Å². The summed E-state index contributed by atoms with van der Waals surface area (Å²) in [7, 11) is -3.38. The highest BCUT2D eigenvalue weighted by Gasteiger charge is 2.20. The Morgan fingerprint density at radius 1 is 1.18 bits per heavy atom. The smallest absolute Gasteiger partial charge is 0.223 e. The molecule has 122 valence electrons. The molecule has 1 saturated heterocycles. The molecule has 22 heavy (non-hydrogen) atoms. The lowest BCUT2D eigenvalue weighted by atomic mass is 10.2. The van der Waals surface area contributed by atoms with Crippen molar-refractivity contribution in [2.24, 2.45) is 0 Å². The first-order valence-corrected chi connectivity index (χ1v) is 9.45. The van der Waals surface area contributed by atoms with Crippen LogP contribution >= 0.6 is 23.2 Å². The van der Waals surface area contributed by atoms with Crippen LogP contribution in [0.15, 0.2) is 18.2 Å². The van der Waals surface area contributed by atoms with E-state index in [2.05, 4.69) is 0 Å². The Bertz CT molecular complexity index is 642. The molecule has 2 rings (SSSR count). The number of sulfone groups is 1. The van der Waals surface area contributed by atoms with Crippen LogP contribution in [-0.2, 0) is 25.1 Å². The third-order valence-corrected chi connectivity index (χ3v) is 5.70. The van der Waals surface area contributed by atoms with Gasteiger partial charge in [0, 0.05) is 19.5 Å². The number of carbonyl (C=O) groups excluding carboxylic acids is 1. The summed E-state index contributed by atoms with van der Waals surface area (Å²) in [5.41, 5.74) is 0.563. The lowest BCUT2D eigenvalue weighted by molar-refractivity contribution is -0.134. The number of halogens is 2. The Hall–Kier alpha value is -0.820. The first-order chi connectivity index (χ1) is 10.4. The Kier molecular flexibility index (Phi) is 6.09. The minimum Gasteiger partial charge on any atom is -0.378 e. The molecule has 0 aromatic heterocycles. The second kappa shape index (κ2) is 7.64. The average Bonchev–Trinajstić information content (AvgIpc) is 2.49. The van der Waals surface area contributed by atoms with Crippen molar-refractivity contribution in [3.63, 3.8) is 0 Å². The quantitative estimate of drug-likeness (QED) is 0.801. The number of ether oxygens (including phenoxy) is 1. The molecule has 1 fully saturated rings. The van der Waals surface area contributed by atoms with Gasteiger partial charge in [-0.3, -0.25) is 4.79 Å². The zero-order chi connectivity index (χ0) is 16.2. The maximum Gasteiger partial charge on any atom is 0.223 e. The molecule has 0 radical (unpaired) electrons. The monoisotopic (exact) mass is 365 g/mol. The van der Waals surface area contributed by atoms with E-state index in [0.29, 0.717) is 41.9 Å². The molecule has 1 aliphatic heterocycles. The summed E-state index contributed by atoms with van der Waals surface area (Å²) < 4.78 is 29.4. The molecule has 1 amide bonds. The van der Waals surface area contributed by atoms with Gasteiger partial charge in [0.15, 0.2) is 9.84 Å². The van der Waals surface area contributed by atoms with Crippen LogP contribution in [0.3, 0.4) is 0 Å². The fourth-order valence-corrected chi connectivity index (χ4v) is 3.81. The van der Waals surface area contributed by atoms with Crippen molar-refractivity contribution in [2.75, 3.05) is 32.1 Å². The molecule has 1 heterocycles. The van der Waals surface area contributed by atoms with Crippen molar-refractivity contribution in [2.45, 2.75) is 12.2 Å². The van der Waals surface area contributed by atoms with E-state index in [9.17, 15) is 13.2 Å². The van der Waals surface area contributed by atoms with Crippen LogP contribution in [0, 0.1) is 0 Å². The van der Waals surface area contributed by atoms with E-state index >= 15 is 0 Å². The fraction of sp³-hybridized carbons (Fsp3) is 0.500. The van der Waals surface area contributed by atoms with Crippen molar-refractivity contribution in [3.8, 4) is 0 Å². The summed E-state index contributed by atoms with van der Waals surface area (Å²) in [6, 6.07) is 4.72. The van der Waals surface area contributed by atoms with Crippen LogP contribution in [0.25, 0.3) is 0 Å². The summed E-state index contributed by atoms with van der Waals surface area (Å²) >= 11 is 11.7. The predicted molar refractivity (Wildman–Crippen MR) is 86.0 cm³/mol. The summed E-state index contributed by atoms with van der Waals surface area (Å²) in [5, 5.41) is 0.698. The minimum atomic E-state index is -3.38. The molecule has 5 nitrogen and oxygen atoms in total. The standard InChI is InChI=1S/C14H17Cl2NO4S/c15-12-2-1-11(9-13(12)16)10-22(19,20)8-3-14(18)17-4-6-21-7-5-17/h1-2,9H,3-8,10H2. The molecule has 0 bridgehead atoms. The van der Waals surface area contributed by atoms with Crippen LogP contribution in [0.4, 0.5) is 0 Å². The van der Waals surface area contributed by atoms with Crippen molar-refractivity contribution in [3.05, 3.63) is 33.8 Å². The number of benzene rings is 1. The normalized spacial score (nSPS) is 15.8. The Labute approximate surface area is 140 Å². The van der Waals surface area contributed by atoms with Gasteiger partial charge in [-0.25, -0.2) is 8.42 Å². The van der Waals surface area contributed by atoms with Gasteiger partial charge in [0.2, 0.25) is 5.91 Å². The molecule has 0 spiro atoms. The number of carbonyl (C=O) groups is 1. The first-order valence-electron chi connectivity index (χ1n) is 6.87. The number of amides is 1. The highest BCUT2D eigenvalue weighted by molar-refractivity contribution is 7.90. The molecule has 0 atom stereocenters. The molecule has 8 heteroatoms. The average molecular weight is 366 g/mol. The Morgan fingerprint density at radius 2 is 1.86 bits per heavy atom. The van der Waals surface area contributed by atoms with Gasteiger partial charge in [-0.1, -0.05) is 29.3 Å². The van der Waals surface area contributed by atoms with E-state index in [1.807, 2.05) is 0 Å². The van der Waals surface area contributed by atoms with Crippen molar-refractivity contribution >= 4 is 38.9 Å². The zero-order valence-electron chi connectivity index (χ0n) is 11.9. The largest absolute Gasteiger partial charge is 0.378 e. The highest BCUT2D eigenvalue weighted by atomic mass is 35.5. The van der Waals surface area contributed by atoms with Gasteiger partial charge >= 0.3 is 0 Å². The number of rotatable bonds is 5. The SMILES string of the molecule is O=C(CCS(=O)(=O)Cc1ccc(Cl)c(Cl)c1)N1CCOCC1. The molecule has 0 aliphatic carbocycles. The number of morpholine rings is 1. The Balaban J connectivity index is 1.90. The summed E-state index contributed by atoms with van der Waals surface area (Å²) in [4.78, 5) is 13.6. The molecule has 1 aliphatic rings. The van der Waals surface area contributed by atoms with Gasteiger partial charge in [0.1, 0.15) is 0 Å². The maximum atomic E-state index is 12.1. The number of nitrogens with zero attached hydrogens (tertiary/aromatic N) is 1. The van der Waals surface area contributed by atoms with Crippen LogP contribution in [0.5, 0.6) is 0 Å². The molecule has 1 aromatic carbocycles. The maximum absolute atomic E-state index is 12.1. The Morgan fingerprint density at radius 3 is 2.50 bits per heavy atom. The topological polar surface area (TPSA) is 63.7 Å². The molecular weight excluding hydrogens is 349 g/mol. The summed E-state index contributed by atoms with van der Waals surface area (Å²) in [6.45, 7) is 2.04. The van der Waals surface area contributed by atoms with Crippen LogP contribution in [0.2, 0.25) is 10.0 Å². The number of hydrogen-bond donors (Lipinski definition) is 0. The third-order valence-electron chi connectivity index (χ3n) is 3.36. The van der Waals surface area contributed by atoms with E-state index in [0.717, 1.165) is 0 Å². The van der Waals surface area contributed by atoms with Gasteiger partial charge < -0.3 is 9.64 Å². The van der Waals surface area contributed by atoms with Crippen molar-refractivity contribution in [1.82, 2.24) is 4.90 Å². The van der Waals surface area contributed by atoms with E-state index < -0.39 is 9.84 Å². The number of hydrogen-bond acceptors (Lipinski definition) is 4. The molecule has 0 saturated carbocycles. The second-order valence-electron chi connectivity index (χ2n) is 5.08. The zero-order valence-corrected chi connectivity index (χ0v) is 14.3. The van der Waals surface area contributed by atoms with Gasteiger partial charge in [-0.05, 0) is 17.7 Å².